The van der Waals surface area contributed by atoms with Gasteiger partial charge in [0, 0.05) is 26.3 Å². The molecule has 2 aromatic carbocycles. The number of para-hydroxylation sites is 2. The Bertz CT molecular complexity index is 1330. The van der Waals surface area contributed by atoms with Crippen LogP contribution in [0.15, 0.2) is 66.0 Å². The Labute approximate surface area is 200 Å². The molecule has 4 N–H and O–H groups in total. The first-order valence-electron chi connectivity index (χ1n) is 10.8. The molecular formula is C25H25N5O3S. The molecule has 3 amide bonds. The predicted octanol–water partition coefficient (Wildman–Crippen LogP) is 3.55. The number of hydrogen-bond donors (Lipinski definition) is 3. The van der Waals surface area contributed by atoms with Crippen LogP contribution in [0.25, 0.3) is 11.0 Å². The minimum atomic E-state index is -0.609. The van der Waals surface area contributed by atoms with Crippen molar-refractivity contribution in [1.29, 1.82) is 0 Å². The minimum absolute atomic E-state index is 0.00892. The summed E-state index contributed by atoms with van der Waals surface area (Å²) in [5.74, 6) is -0.359. The summed E-state index contributed by atoms with van der Waals surface area (Å²) in [7, 11) is 1.96. The number of primary amides is 1. The van der Waals surface area contributed by atoms with Gasteiger partial charge in [-0.15, -0.1) is 11.3 Å². The number of carbonyl (C=O) groups is 3. The number of nitrogens with one attached hydrogen (secondary N) is 2. The average molecular weight is 476 g/mol. The molecule has 0 spiro atoms. The van der Waals surface area contributed by atoms with Gasteiger partial charge in [-0.1, -0.05) is 42.5 Å². The highest BCUT2D eigenvalue weighted by molar-refractivity contribution is 7.14. The summed E-state index contributed by atoms with van der Waals surface area (Å²) in [5.41, 5.74) is 8.45. The zero-order chi connectivity index (χ0) is 24.1. The van der Waals surface area contributed by atoms with E-state index in [9.17, 15) is 14.4 Å². The number of hydrogen-bond acceptors (Lipinski definition) is 5. The average Bonchev–Trinajstić information content (AvgIpc) is 3.42. The molecule has 0 saturated carbocycles. The van der Waals surface area contributed by atoms with E-state index in [1.165, 1.54) is 11.3 Å². The molecule has 2 heterocycles. The zero-order valence-corrected chi connectivity index (χ0v) is 19.5. The molecule has 2 aromatic heterocycles. The van der Waals surface area contributed by atoms with Crippen molar-refractivity contribution >= 4 is 45.1 Å². The van der Waals surface area contributed by atoms with Crippen LogP contribution in [-0.4, -0.2) is 27.3 Å². The Morgan fingerprint density at radius 3 is 2.44 bits per heavy atom. The Hall–Kier alpha value is -3.98. The second-order valence-corrected chi connectivity index (χ2v) is 8.80. The maximum atomic E-state index is 12.8. The van der Waals surface area contributed by atoms with Crippen LogP contribution >= 0.6 is 11.3 Å². The molecule has 0 aliphatic carbocycles. The number of rotatable bonds is 9. The molecule has 0 radical (unpaired) electrons. The van der Waals surface area contributed by atoms with Gasteiger partial charge < -0.3 is 20.9 Å². The summed E-state index contributed by atoms with van der Waals surface area (Å²) in [6.45, 7) is 0. The lowest BCUT2D eigenvalue weighted by Gasteiger charge is -2.19. The monoisotopic (exact) mass is 475 g/mol. The van der Waals surface area contributed by atoms with Crippen LogP contribution in [0.4, 0.5) is 5.00 Å². The molecule has 0 saturated heterocycles. The lowest BCUT2D eigenvalue weighted by molar-refractivity contribution is -0.124. The Morgan fingerprint density at radius 1 is 1.00 bits per heavy atom. The third-order valence-corrected chi connectivity index (χ3v) is 6.40. The molecule has 0 fully saturated rings. The number of benzene rings is 2. The van der Waals surface area contributed by atoms with E-state index < -0.39 is 5.91 Å². The molecule has 34 heavy (non-hydrogen) atoms. The molecule has 9 heteroatoms. The fourth-order valence-electron chi connectivity index (χ4n) is 3.78. The molecule has 0 aliphatic heterocycles. The number of carbonyl (C=O) groups excluding carboxylic acids is 3. The molecule has 0 unspecified atom stereocenters. The van der Waals surface area contributed by atoms with Crippen molar-refractivity contribution in [3.63, 3.8) is 0 Å². The van der Waals surface area contributed by atoms with Gasteiger partial charge in [-0.2, -0.15) is 0 Å². The Morgan fingerprint density at radius 2 is 1.71 bits per heavy atom. The van der Waals surface area contributed by atoms with Crippen LogP contribution in [0.2, 0.25) is 0 Å². The number of aryl methyl sites for hydroxylation is 1. The molecule has 4 rings (SSSR count). The first-order chi connectivity index (χ1) is 16.4. The fourth-order valence-corrected chi connectivity index (χ4v) is 4.59. The van der Waals surface area contributed by atoms with Crippen LogP contribution in [0.3, 0.4) is 0 Å². The third-order valence-electron chi connectivity index (χ3n) is 5.57. The van der Waals surface area contributed by atoms with E-state index in [1.807, 2.05) is 66.2 Å². The fraction of sp³-hybridized carbons (Fsp3) is 0.200. The Kier molecular flexibility index (Phi) is 7.03. The van der Waals surface area contributed by atoms with E-state index in [1.54, 1.807) is 11.4 Å². The maximum absolute atomic E-state index is 12.8. The van der Waals surface area contributed by atoms with Gasteiger partial charge in [0.25, 0.3) is 5.91 Å². The van der Waals surface area contributed by atoms with Crippen LogP contribution in [-0.2, 0) is 23.1 Å². The van der Waals surface area contributed by atoms with Crippen molar-refractivity contribution in [3.05, 3.63) is 83.0 Å². The van der Waals surface area contributed by atoms with Gasteiger partial charge in [0.15, 0.2) is 0 Å². The number of thiophene rings is 1. The van der Waals surface area contributed by atoms with Crippen molar-refractivity contribution in [2.45, 2.75) is 25.3 Å². The predicted molar refractivity (Wildman–Crippen MR) is 132 cm³/mol. The summed E-state index contributed by atoms with van der Waals surface area (Å²) in [6.07, 6.45) is 0.495. The highest BCUT2D eigenvalue weighted by Crippen LogP contribution is 2.24. The number of aromatic nitrogens is 2. The topological polar surface area (TPSA) is 119 Å². The molecule has 4 aromatic rings. The molecule has 174 valence electrons. The summed E-state index contributed by atoms with van der Waals surface area (Å²) in [6, 6.07) is 18.8. The number of nitrogens with two attached hydrogens (primary N) is 1. The van der Waals surface area contributed by atoms with Crippen molar-refractivity contribution in [2.75, 3.05) is 5.32 Å². The summed E-state index contributed by atoms with van der Waals surface area (Å²) >= 11 is 1.21. The standard InChI is InChI=1S/C25H25N5O3S/c1-30-20-10-6-5-9-18(20)27-21(30)15-19(16-7-3-2-4-8-16)28-22(31)11-12-23(32)29-25-17(24(26)33)13-14-34-25/h2-10,13-14,19H,11-12,15H2,1H3,(H2,26,33)(H,28,31)(H,29,32)/t19-/m1/s1. The highest BCUT2D eigenvalue weighted by Gasteiger charge is 2.20. The smallest absolute Gasteiger partial charge is 0.251 e. The van der Waals surface area contributed by atoms with Crippen LogP contribution in [0.5, 0.6) is 0 Å². The van der Waals surface area contributed by atoms with Crippen LogP contribution in [0, 0.1) is 0 Å². The van der Waals surface area contributed by atoms with Crippen LogP contribution in [0.1, 0.15) is 40.6 Å². The number of imidazole rings is 1. The van der Waals surface area contributed by atoms with E-state index in [2.05, 4.69) is 10.6 Å². The number of nitrogens with zero attached hydrogens (tertiary/aromatic N) is 2. The first kappa shape index (κ1) is 23.2. The van der Waals surface area contributed by atoms with E-state index in [4.69, 9.17) is 10.7 Å². The molecular weight excluding hydrogens is 450 g/mol. The summed E-state index contributed by atoms with van der Waals surface area (Å²) in [5, 5.41) is 7.78. The maximum Gasteiger partial charge on any atom is 0.251 e. The lowest BCUT2D eigenvalue weighted by atomic mass is 10.0. The molecule has 8 nitrogen and oxygen atoms in total. The van der Waals surface area contributed by atoms with Gasteiger partial charge in [-0.25, -0.2) is 4.98 Å². The molecule has 0 aliphatic rings. The number of amides is 3. The quantitative estimate of drug-likeness (QED) is 0.343. The van der Waals surface area contributed by atoms with Gasteiger partial charge >= 0.3 is 0 Å². The van der Waals surface area contributed by atoms with Gasteiger partial charge in [0.2, 0.25) is 11.8 Å². The summed E-state index contributed by atoms with van der Waals surface area (Å²) < 4.78 is 2.03. The lowest BCUT2D eigenvalue weighted by Crippen LogP contribution is -2.31. The molecule has 1 atom stereocenters. The van der Waals surface area contributed by atoms with Gasteiger partial charge in [0.1, 0.15) is 10.8 Å². The van der Waals surface area contributed by atoms with Crippen molar-refractivity contribution < 1.29 is 14.4 Å². The SMILES string of the molecule is Cn1c(C[C@@H](NC(=O)CCC(=O)Nc2sccc2C(N)=O)c2ccccc2)nc2ccccc21. The normalized spacial score (nSPS) is 11.8. The van der Waals surface area contributed by atoms with Gasteiger partial charge in [-0.3, -0.25) is 14.4 Å². The first-order valence-corrected chi connectivity index (χ1v) is 11.7. The second kappa shape index (κ2) is 10.3. The second-order valence-electron chi connectivity index (χ2n) is 7.89. The molecule has 0 bridgehead atoms. The third kappa shape index (κ3) is 5.32. The number of fused-ring (bicyclic) bond motifs is 1. The van der Waals surface area contributed by atoms with Crippen molar-refractivity contribution in [1.82, 2.24) is 14.9 Å². The van der Waals surface area contributed by atoms with Crippen molar-refractivity contribution in [2.24, 2.45) is 12.8 Å². The van der Waals surface area contributed by atoms with Gasteiger partial charge in [-0.05, 0) is 29.1 Å². The van der Waals surface area contributed by atoms with E-state index in [-0.39, 0.29) is 36.3 Å². The van der Waals surface area contributed by atoms with Gasteiger partial charge in [0.05, 0.1) is 22.6 Å². The number of anilines is 1. The summed E-state index contributed by atoms with van der Waals surface area (Å²) in [4.78, 5) is 41.3. The minimum Gasteiger partial charge on any atom is -0.366 e. The van der Waals surface area contributed by atoms with E-state index in [0.717, 1.165) is 22.4 Å². The Balaban J connectivity index is 1.42. The van der Waals surface area contributed by atoms with E-state index >= 15 is 0 Å². The zero-order valence-electron chi connectivity index (χ0n) is 18.7. The van der Waals surface area contributed by atoms with E-state index in [0.29, 0.717) is 11.4 Å². The highest BCUT2D eigenvalue weighted by atomic mass is 32.1. The van der Waals surface area contributed by atoms with Crippen LogP contribution < -0.4 is 16.4 Å². The van der Waals surface area contributed by atoms with Crippen molar-refractivity contribution in [3.8, 4) is 0 Å². The largest absolute Gasteiger partial charge is 0.366 e.